The van der Waals surface area contributed by atoms with Crippen LogP contribution in [0.2, 0.25) is 5.02 Å². The molecular weight excluding hydrogens is 554 g/mol. The van der Waals surface area contributed by atoms with Gasteiger partial charge in [0.1, 0.15) is 5.75 Å². The smallest absolute Gasteiger partial charge is 0.263 e. The van der Waals surface area contributed by atoms with Crippen molar-refractivity contribution < 1.29 is 9.53 Å². The minimum absolute atomic E-state index is 0.0226. The maximum Gasteiger partial charge on any atom is 0.263 e. The van der Waals surface area contributed by atoms with Crippen molar-refractivity contribution >= 4 is 35.0 Å². The summed E-state index contributed by atoms with van der Waals surface area (Å²) in [5.74, 6) is 0.396. The van der Waals surface area contributed by atoms with E-state index in [2.05, 4.69) is 23.5 Å². The zero-order valence-electron chi connectivity index (χ0n) is 23.2. The second kappa shape index (κ2) is 11.4. The lowest BCUT2D eigenvalue weighted by Gasteiger charge is -2.42. The number of amides is 1. The Hall–Kier alpha value is -3.55. The van der Waals surface area contributed by atoms with Crippen LogP contribution in [-0.2, 0) is 16.6 Å². The van der Waals surface area contributed by atoms with E-state index in [0.717, 1.165) is 60.2 Å². The van der Waals surface area contributed by atoms with E-state index in [4.69, 9.17) is 21.3 Å². The zero-order chi connectivity index (χ0) is 28.6. The number of benzene rings is 3. The van der Waals surface area contributed by atoms with E-state index in [1.54, 1.807) is 29.9 Å². The average Bonchev–Trinajstić information content (AvgIpc) is 2.97. The zero-order valence-corrected chi connectivity index (χ0v) is 24.8. The molecule has 0 aliphatic heterocycles. The standard InChI is InChI=1S/C33H32ClN3O3S/c1-21-10-4-7-13-26(21)37-31(39)29-30(24-12-6-5-11-22(24)19-33(29)16-8-3-9-17-33)36-32(37)41-20-28(38)35-23-14-15-27(40-2)25(34)18-23/h4-7,10-15,18H,3,8-9,16-17,19-20H2,1-2H3,(H,35,38). The van der Waals surface area contributed by atoms with Gasteiger partial charge >= 0.3 is 0 Å². The summed E-state index contributed by atoms with van der Waals surface area (Å²) in [6, 6.07) is 21.3. The minimum Gasteiger partial charge on any atom is -0.495 e. The third-order valence-corrected chi connectivity index (χ3v) is 9.55. The van der Waals surface area contributed by atoms with Gasteiger partial charge in [-0.1, -0.05) is 85.1 Å². The number of fused-ring (bicyclic) bond motifs is 4. The average molecular weight is 586 g/mol. The molecule has 1 aromatic heterocycles. The first-order chi connectivity index (χ1) is 19.9. The van der Waals surface area contributed by atoms with Gasteiger partial charge in [0.2, 0.25) is 5.91 Å². The molecule has 2 aliphatic carbocycles. The second-order valence-corrected chi connectivity index (χ2v) is 12.3. The third-order valence-electron chi connectivity index (χ3n) is 8.32. The lowest BCUT2D eigenvalue weighted by Crippen LogP contribution is -2.43. The van der Waals surface area contributed by atoms with E-state index in [0.29, 0.717) is 21.6 Å². The fraction of sp³-hybridized carbons (Fsp3) is 0.303. The maximum absolute atomic E-state index is 14.7. The van der Waals surface area contributed by atoms with Crippen molar-refractivity contribution in [3.8, 4) is 22.7 Å². The number of hydrogen-bond donors (Lipinski definition) is 1. The van der Waals surface area contributed by atoms with Crippen molar-refractivity contribution in [2.75, 3.05) is 18.2 Å². The number of rotatable bonds is 6. The second-order valence-electron chi connectivity index (χ2n) is 10.9. The van der Waals surface area contributed by atoms with E-state index in [1.807, 2.05) is 37.3 Å². The maximum atomic E-state index is 14.7. The Morgan fingerprint density at radius 3 is 2.59 bits per heavy atom. The predicted molar refractivity (Wildman–Crippen MR) is 166 cm³/mol. The Bertz CT molecular complexity index is 1690. The molecule has 210 valence electrons. The number of ether oxygens (including phenoxy) is 1. The van der Waals surface area contributed by atoms with Crippen LogP contribution in [0.15, 0.2) is 76.7 Å². The van der Waals surface area contributed by atoms with E-state index in [1.165, 1.54) is 23.7 Å². The van der Waals surface area contributed by atoms with Crippen LogP contribution in [0.1, 0.15) is 48.8 Å². The van der Waals surface area contributed by atoms with Gasteiger partial charge in [-0.05, 0) is 61.6 Å². The quantitative estimate of drug-likeness (QED) is 0.189. The first-order valence-corrected chi connectivity index (χ1v) is 15.3. The molecule has 1 heterocycles. The molecule has 1 N–H and O–H groups in total. The van der Waals surface area contributed by atoms with Gasteiger partial charge in [-0.25, -0.2) is 4.98 Å². The van der Waals surface area contributed by atoms with Crippen LogP contribution in [0, 0.1) is 6.92 Å². The molecule has 3 aromatic carbocycles. The highest BCUT2D eigenvalue weighted by atomic mass is 35.5. The highest BCUT2D eigenvalue weighted by Crippen LogP contribution is 2.49. The predicted octanol–water partition coefficient (Wildman–Crippen LogP) is 7.36. The third kappa shape index (κ3) is 5.17. The Morgan fingerprint density at radius 1 is 1.07 bits per heavy atom. The summed E-state index contributed by atoms with van der Waals surface area (Å²) < 4.78 is 6.95. The van der Waals surface area contributed by atoms with Crippen molar-refractivity contribution in [3.63, 3.8) is 0 Å². The summed E-state index contributed by atoms with van der Waals surface area (Å²) in [6.45, 7) is 2.00. The first kappa shape index (κ1) is 27.6. The highest BCUT2D eigenvalue weighted by molar-refractivity contribution is 7.99. The largest absolute Gasteiger partial charge is 0.495 e. The van der Waals surface area contributed by atoms with E-state index in [9.17, 15) is 9.59 Å². The van der Waals surface area contributed by atoms with Crippen molar-refractivity contribution in [2.24, 2.45) is 0 Å². The van der Waals surface area contributed by atoms with Crippen molar-refractivity contribution in [1.29, 1.82) is 0 Å². The Kier molecular flexibility index (Phi) is 7.66. The topological polar surface area (TPSA) is 73.2 Å². The van der Waals surface area contributed by atoms with Gasteiger partial charge in [0.15, 0.2) is 5.16 Å². The molecule has 1 amide bonds. The van der Waals surface area contributed by atoms with Gasteiger partial charge in [0.05, 0.1) is 34.8 Å². The molecule has 2 aliphatic rings. The van der Waals surface area contributed by atoms with Gasteiger partial charge in [0.25, 0.3) is 5.56 Å². The van der Waals surface area contributed by atoms with Crippen LogP contribution >= 0.6 is 23.4 Å². The molecule has 6 rings (SSSR count). The molecule has 41 heavy (non-hydrogen) atoms. The van der Waals surface area contributed by atoms with Crippen LogP contribution in [0.5, 0.6) is 5.75 Å². The van der Waals surface area contributed by atoms with Crippen molar-refractivity contribution in [1.82, 2.24) is 9.55 Å². The molecule has 8 heteroatoms. The van der Waals surface area contributed by atoms with Crippen LogP contribution in [0.3, 0.4) is 0 Å². The van der Waals surface area contributed by atoms with Crippen LogP contribution in [0.4, 0.5) is 5.69 Å². The number of aromatic nitrogens is 2. The number of anilines is 1. The number of thioether (sulfide) groups is 1. The van der Waals surface area contributed by atoms with Crippen LogP contribution in [-0.4, -0.2) is 28.3 Å². The summed E-state index contributed by atoms with van der Waals surface area (Å²) in [4.78, 5) is 33.0. The SMILES string of the molecule is COc1ccc(NC(=O)CSc2nc3c(c(=O)n2-c2ccccc2C)C2(CCCCC2)Cc2ccccc2-3)cc1Cl. The number of methoxy groups -OCH3 is 1. The summed E-state index contributed by atoms with van der Waals surface area (Å²) in [7, 11) is 1.55. The molecule has 6 nitrogen and oxygen atoms in total. The van der Waals surface area contributed by atoms with Gasteiger partial charge in [-0.15, -0.1) is 0 Å². The Morgan fingerprint density at radius 2 is 1.83 bits per heavy atom. The summed E-state index contributed by atoms with van der Waals surface area (Å²) in [5.41, 5.74) is 5.97. The number of para-hydroxylation sites is 1. The minimum atomic E-state index is -0.219. The Balaban J connectivity index is 1.44. The molecule has 0 saturated heterocycles. The molecule has 1 spiro atoms. The summed E-state index contributed by atoms with van der Waals surface area (Å²) >= 11 is 7.52. The molecule has 0 unspecified atom stereocenters. The first-order valence-electron chi connectivity index (χ1n) is 14.0. The molecule has 0 atom stereocenters. The fourth-order valence-corrected chi connectivity index (χ4v) is 7.44. The van der Waals surface area contributed by atoms with Crippen molar-refractivity contribution in [3.05, 3.63) is 98.8 Å². The van der Waals surface area contributed by atoms with Crippen LogP contribution < -0.4 is 15.6 Å². The monoisotopic (exact) mass is 585 g/mol. The number of carbonyl (C=O) groups excluding carboxylic acids is 1. The molecule has 0 radical (unpaired) electrons. The van der Waals surface area contributed by atoms with Gasteiger partial charge in [-0.2, -0.15) is 0 Å². The number of nitrogens with one attached hydrogen (secondary N) is 1. The van der Waals surface area contributed by atoms with E-state index in [-0.39, 0.29) is 22.6 Å². The van der Waals surface area contributed by atoms with E-state index >= 15 is 0 Å². The number of hydrogen-bond acceptors (Lipinski definition) is 5. The molecule has 0 bridgehead atoms. The van der Waals surface area contributed by atoms with Gasteiger partial charge in [-0.3, -0.25) is 14.2 Å². The highest BCUT2D eigenvalue weighted by Gasteiger charge is 2.43. The van der Waals surface area contributed by atoms with Gasteiger partial charge < -0.3 is 10.1 Å². The molecule has 1 fully saturated rings. The molecule has 1 saturated carbocycles. The molecular formula is C33H32ClN3O3S. The van der Waals surface area contributed by atoms with E-state index < -0.39 is 0 Å². The number of halogens is 1. The summed E-state index contributed by atoms with van der Waals surface area (Å²) in [6.07, 6.45) is 6.24. The molecule has 4 aromatic rings. The number of nitrogens with zero attached hydrogens (tertiary/aromatic N) is 2. The number of aryl methyl sites for hydroxylation is 1. The normalized spacial score (nSPS) is 15.2. The lowest BCUT2D eigenvalue weighted by molar-refractivity contribution is -0.113. The number of carbonyl (C=O) groups is 1. The lowest BCUT2D eigenvalue weighted by atomic mass is 9.62. The van der Waals surface area contributed by atoms with Crippen molar-refractivity contribution in [2.45, 2.75) is 56.0 Å². The van der Waals surface area contributed by atoms with Gasteiger partial charge in [0, 0.05) is 16.7 Å². The van der Waals surface area contributed by atoms with Crippen LogP contribution in [0.25, 0.3) is 16.9 Å². The summed E-state index contributed by atoms with van der Waals surface area (Å²) in [5, 5.41) is 3.82. The Labute approximate surface area is 249 Å². The fourth-order valence-electron chi connectivity index (χ4n) is 6.38.